The van der Waals surface area contributed by atoms with Crippen LogP contribution in [0.1, 0.15) is 30.1 Å². The van der Waals surface area contributed by atoms with Gasteiger partial charge in [0.1, 0.15) is 5.25 Å². The highest BCUT2D eigenvalue weighted by Gasteiger charge is 2.29. The number of hydrogen-bond acceptors (Lipinski definition) is 5. The van der Waals surface area contributed by atoms with Crippen molar-refractivity contribution in [1.82, 2.24) is 19.7 Å². The third kappa shape index (κ3) is 3.94. The maximum absolute atomic E-state index is 13.3. The van der Waals surface area contributed by atoms with Crippen LogP contribution in [-0.2, 0) is 11.8 Å². The lowest BCUT2D eigenvalue weighted by molar-refractivity contribution is -0.131. The summed E-state index contributed by atoms with van der Waals surface area (Å²) in [7, 11) is 1.96. The van der Waals surface area contributed by atoms with E-state index in [0.717, 1.165) is 47.4 Å². The number of nitrogens with zero attached hydrogens (tertiary/aromatic N) is 4. The van der Waals surface area contributed by atoms with E-state index < -0.39 is 0 Å². The van der Waals surface area contributed by atoms with Gasteiger partial charge in [0.05, 0.1) is 4.88 Å². The molecule has 1 amide bonds. The van der Waals surface area contributed by atoms with Crippen LogP contribution in [0.2, 0.25) is 0 Å². The highest BCUT2D eigenvalue weighted by Crippen LogP contribution is 2.37. The van der Waals surface area contributed by atoms with E-state index in [1.165, 1.54) is 18.2 Å². The lowest BCUT2D eigenvalue weighted by atomic mass is 10.1. The number of likely N-dealkylation sites (tertiary alicyclic amines) is 1. The summed E-state index contributed by atoms with van der Waals surface area (Å²) in [5.41, 5.74) is 1.01. The van der Waals surface area contributed by atoms with Gasteiger partial charge in [-0.2, -0.15) is 0 Å². The van der Waals surface area contributed by atoms with E-state index in [4.69, 9.17) is 0 Å². The molecule has 4 rings (SSSR count). The molecule has 1 aliphatic rings. The molecule has 3 aromatic rings. The van der Waals surface area contributed by atoms with Crippen molar-refractivity contribution in [2.45, 2.75) is 29.7 Å². The minimum absolute atomic E-state index is 0.173. The minimum Gasteiger partial charge on any atom is -0.341 e. The molecule has 0 saturated carbocycles. The predicted molar refractivity (Wildman–Crippen MR) is 110 cm³/mol. The molecule has 1 fully saturated rings. The number of piperidine rings is 1. The van der Waals surface area contributed by atoms with E-state index in [-0.39, 0.29) is 11.2 Å². The zero-order valence-corrected chi connectivity index (χ0v) is 16.9. The SMILES string of the molecule is Cn1c(S[C@@H](C(=O)N2CCCCC2)c2ccccc2)nnc1-c1cccs1. The van der Waals surface area contributed by atoms with Crippen LogP contribution in [-0.4, -0.2) is 38.7 Å². The van der Waals surface area contributed by atoms with Crippen molar-refractivity contribution in [3.05, 3.63) is 53.4 Å². The molecule has 0 spiro atoms. The van der Waals surface area contributed by atoms with Gasteiger partial charge in [-0.05, 0) is 36.3 Å². The molecule has 0 unspecified atom stereocenters. The average molecular weight is 399 g/mol. The van der Waals surface area contributed by atoms with E-state index >= 15 is 0 Å². The number of rotatable bonds is 5. The quantitative estimate of drug-likeness (QED) is 0.598. The molecule has 1 aliphatic heterocycles. The average Bonchev–Trinajstić information content (AvgIpc) is 3.37. The van der Waals surface area contributed by atoms with Gasteiger partial charge in [0.2, 0.25) is 5.91 Å². The van der Waals surface area contributed by atoms with E-state index in [1.807, 2.05) is 64.4 Å². The summed E-state index contributed by atoms with van der Waals surface area (Å²) in [5, 5.41) is 11.2. The molecule has 7 heteroatoms. The number of carbonyl (C=O) groups excluding carboxylic acids is 1. The first-order chi connectivity index (χ1) is 13.2. The van der Waals surface area contributed by atoms with Gasteiger partial charge in [-0.1, -0.05) is 48.2 Å². The molecule has 1 aromatic carbocycles. The first kappa shape index (κ1) is 18.3. The Labute approximate surface area is 167 Å². The van der Waals surface area contributed by atoms with Crippen molar-refractivity contribution in [2.75, 3.05) is 13.1 Å². The van der Waals surface area contributed by atoms with Gasteiger partial charge in [0.25, 0.3) is 0 Å². The molecule has 27 heavy (non-hydrogen) atoms. The monoisotopic (exact) mass is 398 g/mol. The molecular formula is C20H22N4OS2. The van der Waals surface area contributed by atoms with Gasteiger partial charge in [-0.15, -0.1) is 21.5 Å². The van der Waals surface area contributed by atoms with Gasteiger partial charge in [0.15, 0.2) is 11.0 Å². The number of carbonyl (C=O) groups is 1. The molecule has 1 atom stereocenters. The van der Waals surface area contributed by atoms with Crippen molar-refractivity contribution in [3.63, 3.8) is 0 Å². The van der Waals surface area contributed by atoms with E-state index in [2.05, 4.69) is 10.2 Å². The number of thioether (sulfide) groups is 1. The Bertz CT molecular complexity index is 886. The van der Waals surface area contributed by atoms with Crippen molar-refractivity contribution < 1.29 is 4.79 Å². The molecule has 5 nitrogen and oxygen atoms in total. The number of aromatic nitrogens is 3. The fourth-order valence-electron chi connectivity index (χ4n) is 3.31. The Morgan fingerprint density at radius 2 is 1.85 bits per heavy atom. The van der Waals surface area contributed by atoms with Gasteiger partial charge >= 0.3 is 0 Å². The number of benzene rings is 1. The molecule has 0 bridgehead atoms. The molecular weight excluding hydrogens is 376 g/mol. The lowest BCUT2D eigenvalue weighted by Crippen LogP contribution is -2.38. The maximum Gasteiger partial charge on any atom is 0.240 e. The van der Waals surface area contributed by atoms with Crippen LogP contribution >= 0.6 is 23.1 Å². The normalized spacial score (nSPS) is 15.7. The summed E-state index contributed by atoms with van der Waals surface area (Å²) < 4.78 is 1.98. The fourth-order valence-corrected chi connectivity index (χ4v) is 5.14. The predicted octanol–water partition coefficient (Wildman–Crippen LogP) is 4.39. The zero-order valence-electron chi connectivity index (χ0n) is 15.2. The highest BCUT2D eigenvalue weighted by molar-refractivity contribution is 8.00. The summed E-state index contributed by atoms with van der Waals surface area (Å²) in [5.74, 6) is 1.01. The van der Waals surface area contributed by atoms with Crippen LogP contribution in [0.4, 0.5) is 0 Å². The highest BCUT2D eigenvalue weighted by atomic mass is 32.2. The fraction of sp³-hybridized carbons (Fsp3) is 0.350. The Hall–Kier alpha value is -2.12. The van der Waals surface area contributed by atoms with Crippen molar-refractivity contribution in [2.24, 2.45) is 7.05 Å². The second-order valence-corrected chi connectivity index (χ2v) is 8.66. The Balaban J connectivity index is 1.63. The zero-order chi connectivity index (χ0) is 18.6. The molecule has 0 N–H and O–H groups in total. The topological polar surface area (TPSA) is 51.0 Å². The largest absolute Gasteiger partial charge is 0.341 e. The summed E-state index contributed by atoms with van der Waals surface area (Å²) in [6.45, 7) is 1.70. The number of hydrogen-bond donors (Lipinski definition) is 0. The van der Waals surface area contributed by atoms with Crippen LogP contribution in [0.15, 0.2) is 53.0 Å². The van der Waals surface area contributed by atoms with E-state index in [9.17, 15) is 4.79 Å². The van der Waals surface area contributed by atoms with Crippen LogP contribution in [0.5, 0.6) is 0 Å². The number of thiophene rings is 1. The third-order valence-corrected chi connectivity index (χ3v) is 6.94. The summed E-state index contributed by atoms with van der Waals surface area (Å²) in [6, 6.07) is 14.0. The van der Waals surface area contributed by atoms with Gasteiger partial charge < -0.3 is 9.47 Å². The minimum atomic E-state index is -0.302. The molecule has 1 saturated heterocycles. The lowest BCUT2D eigenvalue weighted by Gasteiger charge is -2.30. The molecule has 2 aromatic heterocycles. The van der Waals surface area contributed by atoms with E-state index in [0.29, 0.717) is 0 Å². The van der Waals surface area contributed by atoms with Crippen LogP contribution in [0.25, 0.3) is 10.7 Å². The maximum atomic E-state index is 13.3. The van der Waals surface area contributed by atoms with Crippen LogP contribution in [0, 0.1) is 0 Å². The molecule has 0 aliphatic carbocycles. The Morgan fingerprint density at radius 1 is 1.07 bits per heavy atom. The van der Waals surface area contributed by atoms with Crippen molar-refractivity contribution >= 4 is 29.0 Å². The van der Waals surface area contributed by atoms with Crippen LogP contribution in [0.3, 0.4) is 0 Å². The van der Waals surface area contributed by atoms with Crippen molar-refractivity contribution in [1.29, 1.82) is 0 Å². The van der Waals surface area contributed by atoms with Gasteiger partial charge in [-0.25, -0.2) is 0 Å². The first-order valence-electron chi connectivity index (χ1n) is 9.17. The standard InChI is InChI=1S/C20H22N4OS2/c1-23-18(16-11-8-14-26-16)21-22-20(23)27-17(15-9-4-2-5-10-15)19(25)24-12-6-3-7-13-24/h2,4-5,8-11,14,17H,3,6-7,12-13H2,1H3/t17-/m1/s1. The second kappa shape index (κ2) is 8.27. The molecule has 0 radical (unpaired) electrons. The van der Waals surface area contributed by atoms with Gasteiger partial charge in [0, 0.05) is 20.1 Å². The Morgan fingerprint density at radius 3 is 2.56 bits per heavy atom. The smallest absolute Gasteiger partial charge is 0.240 e. The van der Waals surface area contributed by atoms with Crippen molar-refractivity contribution in [3.8, 4) is 10.7 Å². The summed E-state index contributed by atoms with van der Waals surface area (Å²) in [4.78, 5) is 16.4. The number of amides is 1. The van der Waals surface area contributed by atoms with Gasteiger partial charge in [-0.3, -0.25) is 4.79 Å². The van der Waals surface area contributed by atoms with Crippen LogP contribution < -0.4 is 0 Å². The second-order valence-electron chi connectivity index (χ2n) is 6.64. The molecule has 3 heterocycles. The third-order valence-electron chi connectivity index (χ3n) is 4.79. The van der Waals surface area contributed by atoms with E-state index in [1.54, 1.807) is 11.3 Å². The first-order valence-corrected chi connectivity index (χ1v) is 10.9. The summed E-state index contributed by atoms with van der Waals surface area (Å²) >= 11 is 3.13. The summed E-state index contributed by atoms with van der Waals surface area (Å²) in [6.07, 6.45) is 3.38. The Kier molecular flexibility index (Phi) is 5.59. The molecule has 140 valence electrons.